The monoisotopic (exact) mass is 243 g/mol. The van der Waals surface area contributed by atoms with Crippen LogP contribution in [0.2, 0.25) is 0 Å². The molecule has 1 aliphatic carbocycles. The first-order chi connectivity index (χ1) is 8.22. The van der Waals surface area contributed by atoms with Crippen LogP contribution in [-0.4, -0.2) is 63.8 Å². The van der Waals surface area contributed by atoms with Crippen molar-refractivity contribution in [1.82, 2.24) is 15.5 Å². The first-order valence-corrected chi connectivity index (χ1v) is 6.40. The van der Waals surface area contributed by atoms with E-state index >= 15 is 0 Å². The number of carbonyl (C=O) groups excluding carboxylic acids is 1. The van der Waals surface area contributed by atoms with E-state index in [2.05, 4.69) is 22.6 Å². The minimum absolute atomic E-state index is 0.174. The Balaban J connectivity index is 1.84. The lowest BCUT2D eigenvalue weighted by Crippen LogP contribution is -2.34. The fraction of sp³-hybridized carbons (Fsp3) is 0.917. The van der Waals surface area contributed by atoms with E-state index in [9.17, 15) is 4.79 Å². The summed E-state index contributed by atoms with van der Waals surface area (Å²) < 4.78 is 5.00. The van der Waals surface area contributed by atoms with Crippen molar-refractivity contribution < 1.29 is 9.53 Å². The van der Waals surface area contributed by atoms with Gasteiger partial charge in [-0.25, -0.2) is 0 Å². The average Bonchev–Trinajstić information content (AvgIpc) is 3.09. The molecule has 1 amide bonds. The molecule has 0 aromatic rings. The maximum Gasteiger partial charge on any atom is 0.221 e. The highest BCUT2D eigenvalue weighted by Gasteiger charge is 2.22. The van der Waals surface area contributed by atoms with Crippen molar-refractivity contribution >= 4 is 5.91 Å². The van der Waals surface area contributed by atoms with E-state index < -0.39 is 0 Å². The highest BCUT2D eigenvalue weighted by Crippen LogP contribution is 2.18. The van der Waals surface area contributed by atoms with Gasteiger partial charge in [-0.15, -0.1) is 0 Å². The Morgan fingerprint density at radius 2 is 2.12 bits per heavy atom. The van der Waals surface area contributed by atoms with Crippen LogP contribution in [0.4, 0.5) is 0 Å². The Bertz CT molecular complexity index is 220. The zero-order valence-electron chi connectivity index (χ0n) is 11.0. The van der Waals surface area contributed by atoms with Crippen LogP contribution in [0.3, 0.4) is 0 Å². The average molecular weight is 243 g/mol. The van der Waals surface area contributed by atoms with Gasteiger partial charge in [0, 0.05) is 45.8 Å². The SMILES string of the molecule is COCCN(C)CCNCCC(=O)NC1CC1. The van der Waals surface area contributed by atoms with Gasteiger partial charge < -0.3 is 20.3 Å². The molecule has 0 radical (unpaired) electrons. The van der Waals surface area contributed by atoms with Crippen molar-refractivity contribution in [3.05, 3.63) is 0 Å². The van der Waals surface area contributed by atoms with Crippen LogP contribution in [0.25, 0.3) is 0 Å². The lowest BCUT2D eigenvalue weighted by atomic mass is 10.4. The lowest BCUT2D eigenvalue weighted by Gasteiger charge is -2.16. The summed E-state index contributed by atoms with van der Waals surface area (Å²) in [6.07, 6.45) is 2.89. The van der Waals surface area contributed by atoms with Crippen LogP contribution in [0.5, 0.6) is 0 Å². The predicted molar refractivity (Wildman–Crippen MR) is 68.0 cm³/mol. The smallest absolute Gasteiger partial charge is 0.221 e. The van der Waals surface area contributed by atoms with Gasteiger partial charge in [0.05, 0.1) is 6.61 Å². The number of amides is 1. The molecule has 17 heavy (non-hydrogen) atoms. The van der Waals surface area contributed by atoms with Gasteiger partial charge in [0.1, 0.15) is 0 Å². The maximum atomic E-state index is 11.4. The van der Waals surface area contributed by atoms with Crippen LogP contribution >= 0.6 is 0 Å². The number of rotatable bonds is 10. The number of likely N-dealkylation sites (N-methyl/N-ethyl adjacent to an activating group) is 1. The summed E-state index contributed by atoms with van der Waals surface area (Å²) in [5.74, 6) is 0.174. The number of nitrogens with zero attached hydrogens (tertiary/aromatic N) is 1. The van der Waals surface area contributed by atoms with Crippen molar-refractivity contribution in [3.63, 3.8) is 0 Å². The van der Waals surface area contributed by atoms with Gasteiger partial charge in [-0.2, -0.15) is 0 Å². The van der Waals surface area contributed by atoms with E-state index in [1.165, 1.54) is 0 Å². The molecule has 0 unspecified atom stereocenters. The first-order valence-electron chi connectivity index (χ1n) is 6.40. The molecule has 0 aromatic carbocycles. The van der Waals surface area contributed by atoms with Gasteiger partial charge in [0.25, 0.3) is 0 Å². The van der Waals surface area contributed by atoms with Gasteiger partial charge in [-0.1, -0.05) is 0 Å². The van der Waals surface area contributed by atoms with Crippen LogP contribution in [-0.2, 0) is 9.53 Å². The molecule has 100 valence electrons. The Hall–Kier alpha value is -0.650. The van der Waals surface area contributed by atoms with E-state index in [-0.39, 0.29) is 5.91 Å². The highest BCUT2D eigenvalue weighted by atomic mass is 16.5. The number of carbonyl (C=O) groups is 1. The van der Waals surface area contributed by atoms with E-state index in [1.54, 1.807) is 7.11 Å². The van der Waals surface area contributed by atoms with Crippen molar-refractivity contribution in [2.75, 3.05) is 46.9 Å². The molecular weight excluding hydrogens is 218 g/mol. The number of methoxy groups -OCH3 is 1. The van der Waals surface area contributed by atoms with Crippen molar-refractivity contribution in [2.24, 2.45) is 0 Å². The molecule has 1 saturated carbocycles. The van der Waals surface area contributed by atoms with E-state index in [4.69, 9.17) is 4.74 Å². The third kappa shape index (κ3) is 8.12. The fourth-order valence-electron chi connectivity index (χ4n) is 1.48. The molecule has 0 spiro atoms. The molecule has 2 N–H and O–H groups in total. The quantitative estimate of drug-likeness (QED) is 0.523. The topological polar surface area (TPSA) is 53.6 Å². The minimum Gasteiger partial charge on any atom is -0.383 e. The molecule has 1 aliphatic rings. The standard InChI is InChI=1S/C12H25N3O2/c1-15(9-10-17-2)8-7-13-6-5-12(16)14-11-3-4-11/h11,13H,3-10H2,1-2H3,(H,14,16). The van der Waals surface area contributed by atoms with Crippen molar-refractivity contribution in [1.29, 1.82) is 0 Å². The van der Waals surface area contributed by atoms with Gasteiger partial charge in [-0.05, 0) is 19.9 Å². The summed E-state index contributed by atoms with van der Waals surface area (Å²) in [5.41, 5.74) is 0. The minimum atomic E-state index is 0.174. The molecule has 0 saturated heterocycles. The van der Waals surface area contributed by atoms with Crippen LogP contribution in [0.1, 0.15) is 19.3 Å². The Labute approximate surface area is 104 Å². The van der Waals surface area contributed by atoms with Gasteiger partial charge >= 0.3 is 0 Å². The first kappa shape index (κ1) is 14.4. The van der Waals surface area contributed by atoms with Crippen molar-refractivity contribution in [3.8, 4) is 0 Å². The predicted octanol–water partition coefficient (Wildman–Crippen LogP) is -0.177. The Morgan fingerprint density at radius 1 is 1.35 bits per heavy atom. The zero-order chi connectivity index (χ0) is 12.5. The summed E-state index contributed by atoms with van der Waals surface area (Å²) >= 11 is 0. The second-order valence-corrected chi connectivity index (χ2v) is 4.64. The zero-order valence-corrected chi connectivity index (χ0v) is 11.0. The van der Waals surface area contributed by atoms with Gasteiger partial charge in [-0.3, -0.25) is 4.79 Å². The molecule has 0 atom stereocenters. The van der Waals surface area contributed by atoms with Crippen LogP contribution in [0, 0.1) is 0 Å². The van der Waals surface area contributed by atoms with Gasteiger partial charge in [0.2, 0.25) is 5.91 Å². The largest absolute Gasteiger partial charge is 0.383 e. The number of nitrogens with one attached hydrogen (secondary N) is 2. The third-order valence-corrected chi connectivity index (χ3v) is 2.82. The summed E-state index contributed by atoms with van der Waals surface area (Å²) in [6.45, 7) is 4.36. The van der Waals surface area contributed by atoms with Crippen molar-refractivity contribution in [2.45, 2.75) is 25.3 Å². The molecule has 0 heterocycles. The molecule has 5 heteroatoms. The maximum absolute atomic E-state index is 11.4. The number of hydrogen-bond donors (Lipinski definition) is 2. The number of hydrogen-bond acceptors (Lipinski definition) is 4. The van der Waals surface area contributed by atoms with Crippen LogP contribution in [0.15, 0.2) is 0 Å². The fourth-order valence-corrected chi connectivity index (χ4v) is 1.48. The van der Waals surface area contributed by atoms with Gasteiger partial charge in [0.15, 0.2) is 0 Å². The molecule has 5 nitrogen and oxygen atoms in total. The summed E-state index contributed by atoms with van der Waals surface area (Å²) in [7, 11) is 3.78. The molecule has 1 fully saturated rings. The molecule has 0 aromatic heterocycles. The molecule has 0 aliphatic heterocycles. The third-order valence-electron chi connectivity index (χ3n) is 2.82. The second kappa shape index (κ2) is 8.44. The van der Waals surface area contributed by atoms with E-state index in [0.29, 0.717) is 12.5 Å². The lowest BCUT2D eigenvalue weighted by molar-refractivity contribution is -0.121. The normalized spacial score (nSPS) is 15.2. The highest BCUT2D eigenvalue weighted by molar-refractivity contribution is 5.76. The molecular formula is C12H25N3O2. The second-order valence-electron chi connectivity index (χ2n) is 4.64. The Kier molecular flexibility index (Phi) is 7.16. The summed E-state index contributed by atoms with van der Waals surface area (Å²) in [6, 6.07) is 0.475. The van der Waals surface area contributed by atoms with Crippen LogP contribution < -0.4 is 10.6 Å². The number of ether oxygens (including phenoxy) is 1. The Morgan fingerprint density at radius 3 is 2.76 bits per heavy atom. The van der Waals surface area contributed by atoms with E-state index in [0.717, 1.165) is 45.6 Å². The summed E-state index contributed by atoms with van der Waals surface area (Å²) in [4.78, 5) is 13.6. The van der Waals surface area contributed by atoms with E-state index in [1.807, 2.05) is 0 Å². The molecule has 0 bridgehead atoms. The summed E-state index contributed by atoms with van der Waals surface area (Å²) in [5, 5.41) is 6.25. The molecule has 1 rings (SSSR count).